The maximum Gasteiger partial charge on any atom is 0.228 e. The first-order valence-electron chi connectivity index (χ1n) is 5.29. The molecule has 0 saturated carbocycles. The lowest BCUT2D eigenvalue weighted by molar-refractivity contribution is 0.138. The average molecular weight is 230 g/mol. The Kier molecular flexibility index (Phi) is 3.60. The van der Waals surface area contributed by atoms with Crippen LogP contribution in [-0.4, -0.2) is 28.6 Å². The lowest BCUT2D eigenvalue weighted by atomic mass is 10.3. The van der Waals surface area contributed by atoms with Crippen LogP contribution in [0.2, 0.25) is 32.7 Å². The molecule has 0 amide bonds. The van der Waals surface area contributed by atoms with Crippen LogP contribution < -0.4 is 0 Å². The lowest BCUT2D eigenvalue weighted by Gasteiger charge is -2.36. The van der Waals surface area contributed by atoms with Crippen LogP contribution in [0.3, 0.4) is 0 Å². The SMILES string of the molecule is C[Si](C)(C)[Si](C)(C)OC1=CCOCC1. The third-order valence-electron chi connectivity index (χ3n) is 3.11. The van der Waals surface area contributed by atoms with Crippen LogP contribution in [0.25, 0.3) is 0 Å². The summed E-state index contributed by atoms with van der Waals surface area (Å²) in [5.41, 5.74) is 0. The van der Waals surface area contributed by atoms with Crippen LogP contribution in [-0.2, 0) is 9.16 Å². The predicted molar refractivity (Wildman–Crippen MR) is 65.4 cm³/mol. The molecule has 0 aromatic rings. The summed E-state index contributed by atoms with van der Waals surface area (Å²) in [4.78, 5) is 0. The zero-order valence-electron chi connectivity index (χ0n) is 10.0. The van der Waals surface area contributed by atoms with Crippen molar-refractivity contribution in [1.82, 2.24) is 0 Å². The van der Waals surface area contributed by atoms with E-state index in [9.17, 15) is 0 Å². The van der Waals surface area contributed by atoms with Gasteiger partial charge in [-0.15, -0.1) is 0 Å². The summed E-state index contributed by atoms with van der Waals surface area (Å²) < 4.78 is 11.5. The molecule has 14 heavy (non-hydrogen) atoms. The monoisotopic (exact) mass is 230 g/mol. The highest BCUT2D eigenvalue weighted by Gasteiger charge is 2.40. The summed E-state index contributed by atoms with van der Waals surface area (Å²) in [6.45, 7) is 13.4. The van der Waals surface area contributed by atoms with Gasteiger partial charge in [0.1, 0.15) is 0 Å². The zero-order valence-corrected chi connectivity index (χ0v) is 12.0. The first-order valence-corrected chi connectivity index (χ1v) is 12.7. The predicted octanol–water partition coefficient (Wildman–Crippen LogP) is 2.93. The molecule has 1 rings (SSSR count). The van der Waals surface area contributed by atoms with Crippen LogP contribution in [0.4, 0.5) is 0 Å². The van der Waals surface area contributed by atoms with E-state index in [4.69, 9.17) is 9.16 Å². The molecule has 0 atom stereocenters. The Balaban J connectivity index is 2.62. The van der Waals surface area contributed by atoms with Crippen molar-refractivity contribution in [2.75, 3.05) is 13.2 Å². The largest absolute Gasteiger partial charge is 0.550 e. The maximum atomic E-state index is 6.22. The second-order valence-corrected chi connectivity index (χ2v) is 21.2. The molecule has 0 fully saturated rings. The van der Waals surface area contributed by atoms with Crippen molar-refractivity contribution >= 4 is 15.4 Å². The second-order valence-electron chi connectivity index (χ2n) is 5.36. The van der Waals surface area contributed by atoms with Crippen molar-refractivity contribution in [3.63, 3.8) is 0 Å². The second kappa shape index (κ2) is 4.20. The molecule has 1 aliphatic heterocycles. The Morgan fingerprint density at radius 3 is 2.29 bits per heavy atom. The summed E-state index contributed by atoms with van der Waals surface area (Å²) in [5.74, 6) is 1.18. The van der Waals surface area contributed by atoms with E-state index < -0.39 is 15.4 Å². The topological polar surface area (TPSA) is 18.5 Å². The standard InChI is InChI=1S/C10H22O2Si2/c1-13(2,3)14(4,5)12-10-6-8-11-9-7-10/h6H,7-9H2,1-5H3. The van der Waals surface area contributed by atoms with E-state index in [-0.39, 0.29) is 0 Å². The Labute approximate surface area is 89.2 Å². The average Bonchev–Trinajstić information content (AvgIpc) is 2.03. The zero-order chi connectivity index (χ0) is 10.8. The number of hydrogen-bond donors (Lipinski definition) is 0. The molecule has 82 valence electrons. The molecule has 0 aromatic carbocycles. The minimum absolute atomic E-state index is 0.728. The smallest absolute Gasteiger partial charge is 0.228 e. The van der Waals surface area contributed by atoms with E-state index in [2.05, 4.69) is 38.8 Å². The van der Waals surface area contributed by atoms with Crippen LogP contribution in [0.15, 0.2) is 11.8 Å². The van der Waals surface area contributed by atoms with Gasteiger partial charge in [0.2, 0.25) is 7.83 Å². The molecule has 4 heteroatoms. The molecule has 2 nitrogen and oxygen atoms in total. The van der Waals surface area contributed by atoms with E-state index in [1.54, 1.807) is 0 Å². The molecule has 1 heterocycles. The van der Waals surface area contributed by atoms with Crippen LogP contribution in [0, 0.1) is 0 Å². The van der Waals surface area contributed by atoms with E-state index in [0.29, 0.717) is 0 Å². The quantitative estimate of drug-likeness (QED) is 0.694. The molecular formula is C10H22O2Si2. The first kappa shape index (κ1) is 12.0. The van der Waals surface area contributed by atoms with Gasteiger partial charge < -0.3 is 9.16 Å². The molecule has 0 aromatic heterocycles. The Hall–Kier alpha value is -0.0662. The van der Waals surface area contributed by atoms with Crippen LogP contribution >= 0.6 is 0 Å². The van der Waals surface area contributed by atoms with Gasteiger partial charge in [-0.2, -0.15) is 0 Å². The molecule has 0 saturated heterocycles. The van der Waals surface area contributed by atoms with Crippen molar-refractivity contribution in [3.8, 4) is 0 Å². The van der Waals surface area contributed by atoms with Gasteiger partial charge in [0.15, 0.2) is 0 Å². The highest BCUT2D eigenvalue weighted by molar-refractivity contribution is 7.37. The van der Waals surface area contributed by atoms with Crippen molar-refractivity contribution in [2.24, 2.45) is 0 Å². The molecule has 0 unspecified atom stereocenters. The van der Waals surface area contributed by atoms with Gasteiger partial charge in [-0.05, 0) is 19.2 Å². The molecule has 0 bridgehead atoms. The van der Waals surface area contributed by atoms with E-state index in [0.717, 1.165) is 19.6 Å². The van der Waals surface area contributed by atoms with Gasteiger partial charge in [-0.1, -0.05) is 19.6 Å². The Morgan fingerprint density at radius 1 is 1.21 bits per heavy atom. The third kappa shape index (κ3) is 2.97. The highest BCUT2D eigenvalue weighted by atomic mass is 29.3. The maximum absolute atomic E-state index is 6.22. The van der Waals surface area contributed by atoms with Crippen molar-refractivity contribution in [3.05, 3.63) is 11.8 Å². The van der Waals surface area contributed by atoms with E-state index >= 15 is 0 Å². The molecule has 0 spiro atoms. The van der Waals surface area contributed by atoms with E-state index in [1.165, 1.54) is 5.76 Å². The molecular weight excluding hydrogens is 208 g/mol. The van der Waals surface area contributed by atoms with Crippen molar-refractivity contribution < 1.29 is 9.16 Å². The number of hydrogen-bond acceptors (Lipinski definition) is 2. The lowest BCUT2D eigenvalue weighted by Crippen LogP contribution is -2.54. The van der Waals surface area contributed by atoms with Crippen molar-refractivity contribution in [1.29, 1.82) is 0 Å². The fraction of sp³-hybridized carbons (Fsp3) is 0.800. The first-order chi connectivity index (χ1) is 6.33. The molecule has 0 N–H and O–H groups in total. The fourth-order valence-electron chi connectivity index (χ4n) is 1.08. The van der Waals surface area contributed by atoms with Gasteiger partial charge in [-0.25, -0.2) is 0 Å². The van der Waals surface area contributed by atoms with Gasteiger partial charge in [0, 0.05) is 6.42 Å². The van der Waals surface area contributed by atoms with Gasteiger partial charge in [-0.3, -0.25) is 0 Å². The van der Waals surface area contributed by atoms with Gasteiger partial charge in [0.25, 0.3) is 0 Å². The number of rotatable bonds is 3. The summed E-state index contributed by atoms with van der Waals surface area (Å²) in [6, 6.07) is 0. The Morgan fingerprint density at radius 2 is 1.86 bits per heavy atom. The van der Waals surface area contributed by atoms with Crippen LogP contribution in [0.1, 0.15) is 6.42 Å². The highest BCUT2D eigenvalue weighted by Crippen LogP contribution is 2.24. The molecule has 0 aliphatic carbocycles. The summed E-state index contributed by atoms with van der Waals surface area (Å²) in [7, 11) is -2.61. The third-order valence-corrected chi connectivity index (χ3v) is 18.6. The summed E-state index contributed by atoms with van der Waals surface area (Å²) in [5, 5.41) is 0. The van der Waals surface area contributed by atoms with Gasteiger partial charge >= 0.3 is 0 Å². The minimum atomic E-state index is -1.48. The number of ether oxygens (including phenoxy) is 1. The van der Waals surface area contributed by atoms with Gasteiger partial charge in [0.05, 0.1) is 26.6 Å². The normalized spacial score (nSPS) is 19.1. The van der Waals surface area contributed by atoms with Crippen LogP contribution in [0.5, 0.6) is 0 Å². The summed E-state index contributed by atoms with van der Waals surface area (Å²) >= 11 is 0. The van der Waals surface area contributed by atoms with Crippen molar-refractivity contribution in [2.45, 2.75) is 39.2 Å². The minimum Gasteiger partial charge on any atom is -0.550 e. The van der Waals surface area contributed by atoms with E-state index in [1.807, 2.05) is 0 Å². The molecule has 0 radical (unpaired) electrons. The summed E-state index contributed by atoms with van der Waals surface area (Å²) in [6.07, 6.45) is 3.05. The molecule has 1 aliphatic rings. The fourth-order valence-corrected chi connectivity index (χ4v) is 3.54. The Bertz CT molecular complexity index is 229.